The van der Waals surface area contributed by atoms with Crippen LogP contribution in [0.1, 0.15) is 0 Å². The van der Waals surface area contributed by atoms with Gasteiger partial charge in [0.1, 0.15) is 6.54 Å². The first-order valence-electron chi connectivity index (χ1n) is 3.53. The molecule has 0 spiro atoms. The number of nitrogens with one attached hydrogen (secondary N) is 1. The summed E-state index contributed by atoms with van der Waals surface area (Å²) < 4.78 is 24.7. The first-order chi connectivity index (χ1) is 6.37. The van der Waals surface area contributed by atoms with Crippen LogP contribution in [0.25, 0.3) is 0 Å². The number of hydrogen-bond acceptors (Lipinski definition) is 5. The molecule has 0 fully saturated rings. The van der Waals surface area contributed by atoms with Gasteiger partial charge in [-0.05, 0) is 0 Å². The van der Waals surface area contributed by atoms with Crippen LogP contribution in [0.3, 0.4) is 0 Å². The van der Waals surface area contributed by atoms with Crippen LogP contribution in [-0.4, -0.2) is 35.6 Å². The quantitative estimate of drug-likeness (QED) is 0.615. The average Bonchev–Trinajstić information content (AvgIpc) is 2.30. The highest BCUT2D eigenvalue weighted by molar-refractivity contribution is 7.92. The lowest BCUT2D eigenvalue weighted by atomic mass is 10.6. The summed E-state index contributed by atoms with van der Waals surface area (Å²) in [5, 5.41) is 6.95. The van der Waals surface area contributed by atoms with E-state index in [0.717, 1.165) is 10.9 Å². The molecule has 0 aliphatic heterocycles. The Morgan fingerprint density at radius 2 is 2.36 bits per heavy atom. The maximum Gasteiger partial charge on any atom is 0.239 e. The number of hydrogen-bond donors (Lipinski definition) is 2. The third kappa shape index (κ3) is 3.39. The van der Waals surface area contributed by atoms with E-state index in [9.17, 15) is 13.2 Å². The van der Waals surface area contributed by atoms with E-state index in [1.807, 2.05) is 0 Å². The van der Waals surface area contributed by atoms with Gasteiger partial charge in [-0.1, -0.05) is 5.21 Å². The standard InChI is InChI=1S/C5H9N5O3S/c1-14(12,13)8-5-3-10(9-7-5)2-4(6)11/h3,8H,2H2,1H3,(H2,6,11). The number of amides is 1. The third-order valence-electron chi connectivity index (χ3n) is 1.15. The molecule has 9 heteroatoms. The van der Waals surface area contributed by atoms with Gasteiger partial charge in [0, 0.05) is 0 Å². The van der Waals surface area contributed by atoms with Gasteiger partial charge in [-0.2, -0.15) is 0 Å². The summed E-state index contributed by atoms with van der Waals surface area (Å²) in [5.41, 5.74) is 4.89. The minimum absolute atomic E-state index is 0.0498. The van der Waals surface area contributed by atoms with E-state index in [4.69, 9.17) is 5.73 Å². The number of nitrogens with zero attached hydrogens (tertiary/aromatic N) is 3. The molecule has 1 aromatic heterocycles. The molecule has 0 saturated carbocycles. The largest absolute Gasteiger partial charge is 0.368 e. The second-order valence-electron chi connectivity index (χ2n) is 2.64. The fourth-order valence-electron chi connectivity index (χ4n) is 0.772. The van der Waals surface area contributed by atoms with Crippen molar-refractivity contribution in [3.63, 3.8) is 0 Å². The van der Waals surface area contributed by atoms with E-state index in [1.165, 1.54) is 6.20 Å². The van der Waals surface area contributed by atoms with Crippen molar-refractivity contribution in [2.24, 2.45) is 5.73 Å². The molecule has 1 heterocycles. The van der Waals surface area contributed by atoms with E-state index in [1.54, 1.807) is 0 Å². The topological polar surface area (TPSA) is 120 Å². The van der Waals surface area contributed by atoms with Crippen molar-refractivity contribution >= 4 is 21.7 Å². The number of rotatable bonds is 4. The fourth-order valence-corrected chi connectivity index (χ4v) is 1.25. The van der Waals surface area contributed by atoms with Crippen LogP contribution in [0, 0.1) is 0 Å². The minimum Gasteiger partial charge on any atom is -0.368 e. The van der Waals surface area contributed by atoms with Crippen LogP contribution in [0.2, 0.25) is 0 Å². The molecule has 8 nitrogen and oxygen atoms in total. The molecule has 0 bridgehead atoms. The molecule has 1 rings (SSSR count). The Morgan fingerprint density at radius 1 is 1.71 bits per heavy atom. The predicted molar refractivity (Wildman–Crippen MR) is 47.7 cm³/mol. The highest BCUT2D eigenvalue weighted by atomic mass is 32.2. The van der Waals surface area contributed by atoms with Crippen molar-refractivity contribution in [3.05, 3.63) is 6.20 Å². The maximum absolute atomic E-state index is 10.8. The maximum atomic E-state index is 10.8. The SMILES string of the molecule is CS(=O)(=O)Nc1cn(CC(N)=O)nn1. The first-order valence-corrected chi connectivity index (χ1v) is 5.42. The van der Waals surface area contributed by atoms with Crippen LogP contribution in [0.4, 0.5) is 5.82 Å². The van der Waals surface area contributed by atoms with Crippen LogP contribution >= 0.6 is 0 Å². The van der Waals surface area contributed by atoms with Gasteiger partial charge < -0.3 is 5.73 Å². The van der Waals surface area contributed by atoms with Gasteiger partial charge in [0.25, 0.3) is 0 Å². The summed E-state index contributed by atoms with van der Waals surface area (Å²) in [4.78, 5) is 10.5. The van der Waals surface area contributed by atoms with Crippen molar-refractivity contribution in [2.45, 2.75) is 6.54 Å². The number of anilines is 1. The number of carbonyl (C=O) groups is 1. The van der Waals surface area contributed by atoms with Gasteiger partial charge >= 0.3 is 0 Å². The second kappa shape index (κ2) is 3.62. The molecule has 14 heavy (non-hydrogen) atoms. The van der Waals surface area contributed by atoms with E-state index < -0.39 is 15.9 Å². The minimum atomic E-state index is -3.37. The van der Waals surface area contributed by atoms with Crippen LogP contribution in [0.5, 0.6) is 0 Å². The monoisotopic (exact) mass is 219 g/mol. The number of nitrogens with two attached hydrogens (primary N) is 1. The summed E-state index contributed by atoms with van der Waals surface area (Å²) in [6, 6.07) is 0. The Balaban J connectivity index is 2.74. The summed E-state index contributed by atoms with van der Waals surface area (Å²) in [5.74, 6) is -0.533. The van der Waals surface area contributed by atoms with Crippen molar-refractivity contribution in [3.8, 4) is 0 Å². The molecule has 0 radical (unpaired) electrons. The van der Waals surface area contributed by atoms with Gasteiger partial charge in [-0.3, -0.25) is 9.52 Å². The molecular weight excluding hydrogens is 210 g/mol. The Labute approximate surface area is 80.1 Å². The molecule has 0 atom stereocenters. The number of carbonyl (C=O) groups excluding carboxylic acids is 1. The number of primary amides is 1. The second-order valence-corrected chi connectivity index (χ2v) is 4.39. The Bertz CT molecular complexity index is 436. The Hall–Kier alpha value is -1.64. The lowest BCUT2D eigenvalue weighted by molar-refractivity contribution is -0.118. The Kier molecular flexibility index (Phi) is 2.70. The van der Waals surface area contributed by atoms with E-state index in [-0.39, 0.29) is 12.4 Å². The van der Waals surface area contributed by atoms with E-state index in [0.29, 0.717) is 0 Å². The normalized spacial score (nSPS) is 11.2. The smallest absolute Gasteiger partial charge is 0.239 e. The van der Waals surface area contributed by atoms with Crippen molar-refractivity contribution in [1.82, 2.24) is 15.0 Å². The zero-order valence-electron chi connectivity index (χ0n) is 7.34. The summed E-state index contributed by atoms with van der Waals surface area (Å²) >= 11 is 0. The lowest BCUT2D eigenvalue weighted by Gasteiger charge is -1.95. The lowest BCUT2D eigenvalue weighted by Crippen LogP contribution is -2.18. The van der Waals surface area contributed by atoms with Gasteiger partial charge in [-0.25, -0.2) is 13.1 Å². The summed E-state index contributed by atoms with van der Waals surface area (Å²) in [6.07, 6.45) is 2.26. The summed E-state index contributed by atoms with van der Waals surface area (Å²) in [7, 11) is -3.37. The summed E-state index contributed by atoms with van der Waals surface area (Å²) in [6.45, 7) is -0.140. The molecule has 3 N–H and O–H groups in total. The molecule has 1 aromatic rings. The van der Waals surface area contributed by atoms with Crippen molar-refractivity contribution < 1.29 is 13.2 Å². The molecule has 0 aliphatic carbocycles. The number of sulfonamides is 1. The van der Waals surface area contributed by atoms with Gasteiger partial charge in [-0.15, -0.1) is 5.10 Å². The molecule has 0 aromatic carbocycles. The van der Waals surface area contributed by atoms with Gasteiger partial charge in [0.2, 0.25) is 15.9 Å². The van der Waals surface area contributed by atoms with Crippen molar-refractivity contribution in [2.75, 3.05) is 11.0 Å². The zero-order chi connectivity index (χ0) is 10.8. The molecule has 1 amide bonds. The Morgan fingerprint density at radius 3 is 2.86 bits per heavy atom. The highest BCUT2D eigenvalue weighted by Gasteiger charge is 2.06. The highest BCUT2D eigenvalue weighted by Crippen LogP contribution is 2.01. The van der Waals surface area contributed by atoms with Crippen LogP contribution in [0.15, 0.2) is 6.20 Å². The van der Waals surface area contributed by atoms with Crippen LogP contribution in [-0.2, 0) is 21.4 Å². The molecular formula is C5H9N5O3S. The third-order valence-corrected chi connectivity index (χ3v) is 1.73. The van der Waals surface area contributed by atoms with Crippen molar-refractivity contribution in [1.29, 1.82) is 0 Å². The average molecular weight is 219 g/mol. The molecule has 0 unspecified atom stereocenters. The van der Waals surface area contributed by atoms with Crippen LogP contribution < -0.4 is 10.5 Å². The predicted octanol–water partition coefficient (Wildman–Crippen LogP) is -1.87. The zero-order valence-corrected chi connectivity index (χ0v) is 8.15. The first kappa shape index (κ1) is 10.4. The number of aromatic nitrogens is 3. The molecule has 0 saturated heterocycles. The van der Waals surface area contributed by atoms with E-state index in [2.05, 4.69) is 15.0 Å². The van der Waals surface area contributed by atoms with E-state index >= 15 is 0 Å². The van der Waals surface area contributed by atoms with Gasteiger partial charge in [0.15, 0.2) is 5.82 Å². The molecule has 78 valence electrons. The fraction of sp³-hybridized carbons (Fsp3) is 0.400. The van der Waals surface area contributed by atoms with Gasteiger partial charge in [0.05, 0.1) is 12.5 Å². The molecule has 0 aliphatic rings.